The third kappa shape index (κ3) is 1.99. The van der Waals surface area contributed by atoms with Gasteiger partial charge in [-0.05, 0) is 18.8 Å². The fraction of sp³-hybridized carbons (Fsp3) is 0.526. The van der Waals surface area contributed by atoms with E-state index in [1.165, 1.54) is 0 Å². The highest BCUT2D eigenvalue weighted by atomic mass is 16.1. The molecule has 2 heterocycles. The molecule has 2 aromatic heterocycles. The minimum atomic E-state index is -0.590. The van der Waals surface area contributed by atoms with Crippen molar-refractivity contribution < 1.29 is 4.79 Å². The van der Waals surface area contributed by atoms with Crippen molar-refractivity contribution >= 4 is 5.78 Å². The maximum atomic E-state index is 12.7. The van der Waals surface area contributed by atoms with Gasteiger partial charge in [-0.1, -0.05) is 26.8 Å². The molecule has 4 rings (SSSR count). The smallest absolute Gasteiger partial charge is 0.199 e. The lowest BCUT2D eigenvalue weighted by Crippen LogP contribution is -2.51. The molecule has 26 heavy (non-hydrogen) atoms. The second-order valence-electron chi connectivity index (χ2n) is 8.14. The number of nitrogens with zero attached hydrogens (tertiary/aromatic N) is 6. The summed E-state index contributed by atoms with van der Waals surface area (Å²) in [6, 6.07) is 2.10. The fourth-order valence-corrected chi connectivity index (χ4v) is 4.95. The van der Waals surface area contributed by atoms with Crippen molar-refractivity contribution in [2.75, 3.05) is 0 Å². The Morgan fingerprint density at radius 3 is 2.62 bits per heavy atom. The largest absolute Gasteiger partial charge is 0.293 e. The minimum absolute atomic E-state index is 0.0616. The van der Waals surface area contributed by atoms with Gasteiger partial charge >= 0.3 is 0 Å². The summed E-state index contributed by atoms with van der Waals surface area (Å²) in [7, 11) is 3.74. The van der Waals surface area contributed by atoms with E-state index in [1.54, 1.807) is 11.0 Å². The fourth-order valence-electron chi connectivity index (χ4n) is 4.95. The van der Waals surface area contributed by atoms with Crippen LogP contribution in [-0.4, -0.2) is 30.3 Å². The molecule has 2 aliphatic rings. The van der Waals surface area contributed by atoms with E-state index in [4.69, 9.17) is 5.10 Å². The van der Waals surface area contributed by atoms with Crippen molar-refractivity contribution in [3.63, 3.8) is 0 Å². The zero-order valence-corrected chi connectivity index (χ0v) is 15.7. The lowest BCUT2D eigenvalue weighted by Gasteiger charge is -2.49. The van der Waals surface area contributed by atoms with E-state index in [0.29, 0.717) is 5.82 Å². The van der Waals surface area contributed by atoms with Crippen molar-refractivity contribution in [1.82, 2.24) is 24.5 Å². The first-order valence-corrected chi connectivity index (χ1v) is 8.80. The lowest BCUT2D eigenvalue weighted by atomic mass is 9.52. The molecule has 0 aromatic carbocycles. The molecule has 0 saturated carbocycles. The Bertz CT molecular complexity index is 1000. The summed E-state index contributed by atoms with van der Waals surface area (Å²) >= 11 is 0. The van der Waals surface area contributed by atoms with Crippen LogP contribution in [0.2, 0.25) is 0 Å². The number of fused-ring (bicyclic) bond motifs is 3. The number of Topliss-reactive ketones (excluding diaryl/α,β-unsaturated/α-hetero) is 1. The van der Waals surface area contributed by atoms with Gasteiger partial charge in [-0.3, -0.25) is 14.2 Å². The number of aryl methyl sites for hydroxylation is 2. The highest BCUT2D eigenvalue weighted by molar-refractivity contribution is 6.04. The van der Waals surface area contributed by atoms with E-state index in [2.05, 4.69) is 23.1 Å². The summed E-state index contributed by atoms with van der Waals surface area (Å²) in [5, 5.41) is 18.8. The zero-order chi connectivity index (χ0) is 18.9. The van der Waals surface area contributed by atoms with Crippen molar-refractivity contribution in [2.24, 2.45) is 25.4 Å². The van der Waals surface area contributed by atoms with Gasteiger partial charge in [-0.15, -0.1) is 5.10 Å². The summed E-state index contributed by atoms with van der Waals surface area (Å²) in [5.41, 5.74) is 2.17. The summed E-state index contributed by atoms with van der Waals surface area (Å²) in [5.74, 6) is 0.696. The molecule has 0 fully saturated rings. The van der Waals surface area contributed by atoms with Gasteiger partial charge in [-0.25, -0.2) is 4.98 Å². The maximum absolute atomic E-state index is 12.7. The number of hydrogen-bond acceptors (Lipinski definition) is 5. The number of carbonyl (C=O) groups excluding carboxylic acids is 1. The van der Waals surface area contributed by atoms with Gasteiger partial charge in [0.25, 0.3) is 0 Å². The van der Waals surface area contributed by atoms with E-state index in [1.807, 2.05) is 38.7 Å². The quantitative estimate of drug-likeness (QED) is 0.786. The van der Waals surface area contributed by atoms with Gasteiger partial charge in [0.05, 0.1) is 11.3 Å². The molecule has 134 valence electrons. The summed E-state index contributed by atoms with van der Waals surface area (Å²) < 4.78 is 3.51. The van der Waals surface area contributed by atoms with E-state index in [0.717, 1.165) is 29.8 Å². The highest BCUT2D eigenvalue weighted by Crippen LogP contribution is 2.55. The zero-order valence-electron chi connectivity index (χ0n) is 15.7. The molecule has 2 aliphatic carbocycles. The number of carbonyl (C=O) groups is 1. The Balaban J connectivity index is 1.96. The minimum Gasteiger partial charge on any atom is -0.293 e. The van der Waals surface area contributed by atoms with Gasteiger partial charge in [0.15, 0.2) is 11.6 Å². The SMILES string of the molecule is Cn1cnc(-c2c3c(nn2C)C2(C)C=C(C#N)C(=O)C(C)(C)C2CC3)n1. The number of rotatable bonds is 1. The first kappa shape index (κ1) is 16.7. The number of ketones is 1. The predicted octanol–water partition coefficient (Wildman–Crippen LogP) is 2.09. The molecule has 2 unspecified atom stereocenters. The third-order valence-corrected chi connectivity index (χ3v) is 6.14. The highest BCUT2D eigenvalue weighted by Gasteiger charge is 2.55. The van der Waals surface area contributed by atoms with Gasteiger partial charge in [0.2, 0.25) is 0 Å². The van der Waals surface area contributed by atoms with Crippen molar-refractivity contribution in [3.05, 3.63) is 29.2 Å². The number of nitriles is 1. The van der Waals surface area contributed by atoms with Crippen LogP contribution in [0, 0.1) is 22.7 Å². The molecule has 0 saturated heterocycles. The number of allylic oxidation sites excluding steroid dienone is 2. The van der Waals surface area contributed by atoms with Crippen molar-refractivity contribution in [1.29, 1.82) is 5.26 Å². The average Bonchev–Trinajstić information content (AvgIpc) is 3.14. The van der Waals surface area contributed by atoms with Crippen molar-refractivity contribution in [3.8, 4) is 17.6 Å². The van der Waals surface area contributed by atoms with Crippen LogP contribution in [0.15, 0.2) is 18.0 Å². The maximum Gasteiger partial charge on any atom is 0.199 e. The Morgan fingerprint density at radius 1 is 1.27 bits per heavy atom. The third-order valence-electron chi connectivity index (χ3n) is 6.14. The molecule has 0 bridgehead atoms. The summed E-state index contributed by atoms with van der Waals surface area (Å²) in [4.78, 5) is 17.1. The second kappa shape index (κ2) is 5.13. The van der Waals surface area contributed by atoms with Crippen molar-refractivity contribution in [2.45, 2.75) is 39.0 Å². The van der Waals surface area contributed by atoms with Crippen LogP contribution in [0.4, 0.5) is 0 Å². The predicted molar refractivity (Wildman–Crippen MR) is 94.9 cm³/mol. The molecule has 0 radical (unpaired) electrons. The molecule has 7 nitrogen and oxygen atoms in total. The van der Waals surface area contributed by atoms with Crippen LogP contribution in [0.1, 0.15) is 38.4 Å². The van der Waals surface area contributed by atoms with Crippen LogP contribution in [0.5, 0.6) is 0 Å². The Kier molecular flexibility index (Phi) is 3.30. The van der Waals surface area contributed by atoms with Crippen LogP contribution in [0.3, 0.4) is 0 Å². The number of aromatic nitrogens is 5. The first-order chi connectivity index (χ1) is 12.2. The van der Waals surface area contributed by atoms with Gasteiger partial charge < -0.3 is 0 Å². The first-order valence-electron chi connectivity index (χ1n) is 8.80. The summed E-state index contributed by atoms with van der Waals surface area (Å²) in [6.45, 7) is 6.01. The Labute approximate surface area is 152 Å². The summed E-state index contributed by atoms with van der Waals surface area (Å²) in [6.07, 6.45) is 5.20. The molecular weight excluding hydrogens is 328 g/mol. The molecule has 0 N–H and O–H groups in total. The van der Waals surface area contributed by atoms with Gasteiger partial charge in [0.1, 0.15) is 18.1 Å². The van der Waals surface area contributed by atoms with Gasteiger partial charge in [-0.2, -0.15) is 10.4 Å². The molecule has 2 atom stereocenters. The lowest BCUT2D eigenvalue weighted by molar-refractivity contribution is -0.128. The monoisotopic (exact) mass is 350 g/mol. The Hall–Kier alpha value is -2.75. The van der Waals surface area contributed by atoms with Crippen LogP contribution in [-0.2, 0) is 30.7 Å². The molecule has 7 heteroatoms. The van der Waals surface area contributed by atoms with E-state index in [9.17, 15) is 10.1 Å². The van der Waals surface area contributed by atoms with Crippen LogP contribution >= 0.6 is 0 Å². The van der Waals surface area contributed by atoms with Crippen LogP contribution < -0.4 is 0 Å². The number of hydrogen-bond donors (Lipinski definition) is 0. The molecule has 2 aromatic rings. The average molecular weight is 350 g/mol. The molecular formula is C19H22N6O. The molecule has 0 amide bonds. The molecule has 0 aliphatic heterocycles. The van der Waals surface area contributed by atoms with E-state index >= 15 is 0 Å². The van der Waals surface area contributed by atoms with Gasteiger partial charge in [0, 0.05) is 30.5 Å². The standard InChI is InChI=1S/C19H22N6O/c1-18(2)13-7-6-12-14(17-21-10-24(4)23-17)25(5)22-15(12)19(13,3)8-11(9-20)16(18)26/h8,10,13H,6-7H2,1-5H3. The van der Waals surface area contributed by atoms with E-state index < -0.39 is 10.8 Å². The normalized spacial score (nSPS) is 26.7. The molecule has 0 spiro atoms. The topological polar surface area (TPSA) is 89.4 Å². The van der Waals surface area contributed by atoms with E-state index in [-0.39, 0.29) is 17.3 Å². The van der Waals surface area contributed by atoms with Crippen LogP contribution in [0.25, 0.3) is 11.5 Å². The second-order valence-corrected chi connectivity index (χ2v) is 8.14. The Morgan fingerprint density at radius 2 is 2.00 bits per heavy atom.